The fourth-order valence-corrected chi connectivity index (χ4v) is 4.60. The molecule has 3 rings (SSSR count). The quantitative estimate of drug-likeness (QED) is 0.182. The van der Waals surface area contributed by atoms with Crippen LogP contribution in [0.3, 0.4) is 0 Å². The lowest BCUT2D eigenvalue weighted by molar-refractivity contribution is -0.383. The summed E-state index contributed by atoms with van der Waals surface area (Å²) in [5.41, 5.74) is 2.64. The van der Waals surface area contributed by atoms with E-state index in [1.165, 1.54) is 12.1 Å². The zero-order chi connectivity index (χ0) is 27.1. The maximum Gasteiger partial charge on any atom is 0.292 e. The van der Waals surface area contributed by atoms with Crippen molar-refractivity contribution in [1.82, 2.24) is 9.88 Å². The van der Waals surface area contributed by atoms with Gasteiger partial charge in [0.05, 0.1) is 4.92 Å². The van der Waals surface area contributed by atoms with Gasteiger partial charge in [-0.05, 0) is 53.5 Å². The molecule has 0 saturated heterocycles. The van der Waals surface area contributed by atoms with Crippen molar-refractivity contribution >= 4 is 25.6 Å². The van der Waals surface area contributed by atoms with Gasteiger partial charge in [0, 0.05) is 50.3 Å². The number of nitro groups is 1. The maximum atomic E-state index is 12.7. The standard InChI is InChI=1S/C28H36N4O4Si/c1-28(2,3)37(4,5)36-18-17-31(21-23-9-8-16-29-19-23)20-22-12-14-24(15-13-22)27(33)30-25-10-6-7-11-26(25)32(34)35/h6-16,19H,17-18,20-21H2,1-5H3,(H,30,33). The van der Waals surface area contributed by atoms with Crippen molar-refractivity contribution in [2.75, 3.05) is 18.5 Å². The van der Waals surface area contributed by atoms with Crippen LogP contribution >= 0.6 is 0 Å². The van der Waals surface area contributed by atoms with Gasteiger partial charge in [0.1, 0.15) is 5.69 Å². The van der Waals surface area contributed by atoms with Crippen LogP contribution in [0.4, 0.5) is 11.4 Å². The Labute approximate surface area is 220 Å². The first-order valence-electron chi connectivity index (χ1n) is 12.4. The van der Waals surface area contributed by atoms with Gasteiger partial charge in [-0.25, -0.2) is 0 Å². The van der Waals surface area contributed by atoms with E-state index < -0.39 is 19.1 Å². The van der Waals surface area contributed by atoms with Crippen LogP contribution in [0, 0.1) is 10.1 Å². The van der Waals surface area contributed by atoms with Crippen LogP contribution in [0.2, 0.25) is 18.1 Å². The second-order valence-electron chi connectivity index (χ2n) is 10.6. The Hall–Kier alpha value is -3.40. The lowest BCUT2D eigenvalue weighted by Crippen LogP contribution is -2.42. The van der Waals surface area contributed by atoms with Crippen LogP contribution in [0.25, 0.3) is 0 Å². The van der Waals surface area contributed by atoms with Crippen LogP contribution in [0.15, 0.2) is 73.1 Å². The molecule has 0 unspecified atom stereocenters. The third-order valence-corrected chi connectivity index (χ3v) is 11.3. The molecule has 1 amide bonds. The van der Waals surface area contributed by atoms with Crippen molar-refractivity contribution in [3.05, 3.63) is 99.9 Å². The van der Waals surface area contributed by atoms with Gasteiger partial charge >= 0.3 is 0 Å². The number of carbonyl (C=O) groups excluding carboxylic acids is 1. The third kappa shape index (κ3) is 8.04. The van der Waals surface area contributed by atoms with Crippen molar-refractivity contribution in [3.63, 3.8) is 0 Å². The number of nitrogens with one attached hydrogen (secondary N) is 1. The highest BCUT2D eigenvalue weighted by atomic mass is 28.4. The van der Waals surface area contributed by atoms with Crippen molar-refractivity contribution in [2.24, 2.45) is 0 Å². The second kappa shape index (κ2) is 12.2. The Kier molecular flexibility index (Phi) is 9.31. The molecule has 0 spiro atoms. The number of para-hydroxylation sites is 2. The van der Waals surface area contributed by atoms with Crippen molar-refractivity contribution in [1.29, 1.82) is 0 Å². The zero-order valence-electron chi connectivity index (χ0n) is 22.2. The van der Waals surface area contributed by atoms with Crippen LogP contribution in [0.1, 0.15) is 42.3 Å². The van der Waals surface area contributed by atoms with Crippen LogP contribution in [-0.2, 0) is 17.5 Å². The number of hydrogen-bond acceptors (Lipinski definition) is 6. The lowest BCUT2D eigenvalue weighted by Gasteiger charge is -2.37. The monoisotopic (exact) mass is 520 g/mol. The number of nitrogens with zero attached hydrogens (tertiary/aromatic N) is 3. The van der Waals surface area contributed by atoms with E-state index in [1.54, 1.807) is 30.5 Å². The number of pyridine rings is 1. The molecule has 37 heavy (non-hydrogen) atoms. The van der Waals surface area contributed by atoms with E-state index in [9.17, 15) is 14.9 Å². The smallest absolute Gasteiger partial charge is 0.292 e. The summed E-state index contributed by atoms with van der Waals surface area (Å²) in [6, 6.07) is 17.4. The third-order valence-electron chi connectivity index (χ3n) is 6.78. The van der Waals surface area contributed by atoms with Crippen molar-refractivity contribution in [2.45, 2.75) is 52.0 Å². The summed E-state index contributed by atoms with van der Waals surface area (Å²) < 4.78 is 6.41. The number of hydrogen-bond donors (Lipinski definition) is 1. The molecule has 196 valence electrons. The van der Waals surface area contributed by atoms with E-state index in [-0.39, 0.29) is 16.4 Å². The molecule has 3 aromatic rings. The van der Waals surface area contributed by atoms with E-state index in [2.05, 4.69) is 55.1 Å². The number of benzene rings is 2. The Bertz CT molecular complexity index is 1190. The van der Waals surface area contributed by atoms with Gasteiger partial charge in [0.25, 0.3) is 11.6 Å². The summed E-state index contributed by atoms with van der Waals surface area (Å²) in [6.07, 6.45) is 3.64. The fraction of sp³-hybridized carbons (Fsp3) is 0.357. The first kappa shape index (κ1) is 28.2. The van der Waals surface area contributed by atoms with Gasteiger partial charge < -0.3 is 9.74 Å². The first-order chi connectivity index (χ1) is 17.5. The highest BCUT2D eigenvalue weighted by molar-refractivity contribution is 6.74. The van der Waals surface area contributed by atoms with Crippen LogP contribution < -0.4 is 5.32 Å². The van der Waals surface area contributed by atoms with Crippen molar-refractivity contribution < 1.29 is 14.1 Å². The summed E-state index contributed by atoms with van der Waals surface area (Å²) in [4.78, 5) is 30.0. The maximum absolute atomic E-state index is 12.7. The molecule has 0 saturated carbocycles. The minimum atomic E-state index is -1.85. The van der Waals surface area contributed by atoms with E-state index in [0.717, 1.165) is 24.2 Å². The molecular formula is C28H36N4O4Si. The lowest BCUT2D eigenvalue weighted by atomic mass is 10.1. The second-order valence-corrected chi connectivity index (χ2v) is 15.4. The predicted molar refractivity (Wildman–Crippen MR) is 149 cm³/mol. The summed E-state index contributed by atoms with van der Waals surface area (Å²) in [5, 5.41) is 14.0. The Morgan fingerprint density at radius 2 is 1.70 bits per heavy atom. The number of amides is 1. The topological polar surface area (TPSA) is 97.6 Å². The molecule has 1 N–H and O–H groups in total. The summed E-state index contributed by atoms with van der Waals surface area (Å²) in [7, 11) is -1.85. The van der Waals surface area contributed by atoms with E-state index in [4.69, 9.17) is 4.43 Å². The van der Waals surface area contributed by atoms with Gasteiger partial charge in [-0.3, -0.25) is 24.8 Å². The van der Waals surface area contributed by atoms with Gasteiger partial charge in [-0.15, -0.1) is 0 Å². The number of rotatable bonds is 11. The Balaban J connectivity index is 1.68. The van der Waals surface area contributed by atoms with Crippen LogP contribution in [-0.4, -0.2) is 42.2 Å². The Morgan fingerprint density at radius 3 is 2.32 bits per heavy atom. The molecule has 0 aliphatic carbocycles. The SMILES string of the molecule is CC(C)(C)[Si](C)(C)OCCN(Cc1ccc(C(=O)Nc2ccccc2[N+](=O)[O-])cc1)Cc1cccnc1. The molecule has 0 atom stereocenters. The molecule has 0 aliphatic rings. The highest BCUT2D eigenvalue weighted by Gasteiger charge is 2.37. The van der Waals surface area contributed by atoms with Crippen LogP contribution in [0.5, 0.6) is 0 Å². The summed E-state index contributed by atoms with van der Waals surface area (Å²) >= 11 is 0. The minimum absolute atomic E-state index is 0.140. The average molecular weight is 521 g/mol. The van der Waals surface area contributed by atoms with Crippen molar-refractivity contribution in [3.8, 4) is 0 Å². The van der Waals surface area contributed by atoms with Gasteiger partial charge in [-0.1, -0.05) is 51.1 Å². The average Bonchev–Trinajstić information content (AvgIpc) is 2.84. The predicted octanol–water partition coefficient (Wildman–Crippen LogP) is 6.27. The van der Waals surface area contributed by atoms with Gasteiger partial charge in [-0.2, -0.15) is 0 Å². The molecule has 0 radical (unpaired) electrons. The molecular weight excluding hydrogens is 484 g/mol. The number of aromatic nitrogens is 1. The molecule has 1 heterocycles. The number of carbonyl (C=O) groups is 1. The van der Waals surface area contributed by atoms with E-state index >= 15 is 0 Å². The number of nitro benzene ring substituents is 1. The minimum Gasteiger partial charge on any atom is -0.416 e. The molecule has 2 aromatic carbocycles. The fourth-order valence-electron chi connectivity index (χ4n) is 3.56. The molecule has 8 nitrogen and oxygen atoms in total. The number of anilines is 1. The molecule has 0 fully saturated rings. The van der Waals surface area contributed by atoms with Gasteiger partial charge in [0.15, 0.2) is 8.32 Å². The van der Waals surface area contributed by atoms with E-state index in [0.29, 0.717) is 18.7 Å². The molecule has 1 aromatic heterocycles. The summed E-state index contributed by atoms with van der Waals surface area (Å²) in [6.45, 7) is 14.0. The zero-order valence-corrected chi connectivity index (χ0v) is 23.2. The first-order valence-corrected chi connectivity index (χ1v) is 15.3. The molecule has 0 aliphatic heterocycles. The molecule has 9 heteroatoms. The largest absolute Gasteiger partial charge is 0.416 e. The summed E-state index contributed by atoms with van der Waals surface area (Å²) in [5.74, 6) is -0.393. The molecule has 0 bridgehead atoms. The normalized spacial score (nSPS) is 11.9. The Morgan fingerprint density at radius 1 is 1.03 bits per heavy atom. The van der Waals surface area contributed by atoms with Gasteiger partial charge in [0.2, 0.25) is 0 Å². The highest BCUT2D eigenvalue weighted by Crippen LogP contribution is 2.36. The van der Waals surface area contributed by atoms with E-state index in [1.807, 2.05) is 24.4 Å².